The Labute approximate surface area is 39.9 Å². The standard InChI is InChI=1S/C3H3NO3/c4-2-7-3(6)1-5/h5H,1H2. The zero-order chi connectivity index (χ0) is 5.70. The third-order valence-electron chi connectivity index (χ3n) is 0.289. The summed E-state index contributed by atoms with van der Waals surface area (Å²) in [6.07, 6.45) is 1.11. The van der Waals surface area contributed by atoms with Gasteiger partial charge in [0, 0.05) is 0 Å². The van der Waals surface area contributed by atoms with Crippen LogP contribution in [0.3, 0.4) is 0 Å². The van der Waals surface area contributed by atoms with Gasteiger partial charge in [0.1, 0.15) is 6.61 Å². The summed E-state index contributed by atoms with van der Waals surface area (Å²) in [5.41, 5.74) is 0. The Balaban J connectivity index is 3.23. The van der Waals surface area contributed by atoms with Crippen molar-refractivity contribution in [2.24, 2.45) is 0 Å². The van der Waals surface area contributed by atoms with Gasteiger partial charge in [0.15, 0.2) is 0 Å². The first-order valence-corrected chi connectivity index (χ1v) is 1.51. The van der Waals surface area contributed by atoms with Crippen LogP contribution in [-0.2, 0) is 9.53 Å². The minimum Gasteiger partial charge on any atom is -0.385 e. The average molecular weight is 101 g/mol. The monoisotopic (exact) mass is 101 g/mol. The van der Waals surface area contributed by atoms with Crippen molar-refractivity contribution in [1.82, 2.24) is 0 Å². The quantitative estimate of drug-likeness (QED) is 0.340. The molecule has 0 fully saturated rings. The summed E-state index contributed by atoms with van der Waals surface area (Å²) < 4.78 is 3.61. The fourth-order valence-corrected chi connectivity index (χ4v) is 0.0832. The molecule has 0 atom stereocenters. The van der Waals surface area contributed by atoms with Crippen LogP contribution in [-0.4, -0.2) is 17.7 Å². The lowest BCUT2D eigenvalue weighted by Crippen LogP contribution is -2.03. The number of nitrogens with zero attached hydrogens (tertiary/aromatic N) is 1. The van der Waals surface area contributed by atoms with E-state index in [0.717, 1.165) is 6.26 Å². The Morgan fingerprint density at radius 2 is 2.57 bits per heavy atom. The molecule has 0 aliphatic carbocycles. The van der Waals surface area contributed by atoms with E-state index in [9.17, 15) is 4.79 Å². The van der Waals surface area contributed by atoms with Crippen molar-refractivity contribution < 1.29 is 14.6 Å². The van der Waals surface area contributed by atoms with E-state index in [1.165, 1.54) is 0 Å². The van der Waals surface area contributed by atoms with Crippen molar-refractivity contribution in [1.29, 1.82) is 5.26 Å². The normalized spacial score (nSPS) is 6.86. The maximum atomic E-state index is 9.72. The molecule has 0 rings (SSSR count). The molecule has 0 aromatic rings. The lowest BCUT2D eigenvalue weighted by atomic mass is 10.8. The number of carbonyl (C=O) groups excluding carboxylic acids is 1. The van der Waals surface area contributed by atoms with Crippen LogP contribution >= 0.6 is 0 Å². The highest BCUT2D eigenvalue weighted by atomic mass is 16.5. The van der Waals surface area contributed by atoms with E-state index in [1.807, 2.05) is 0 Å². The largest absolute Gasteiger partial charge is 0.385 e. The summed E-state index contributed by atoms with van der Waals surface area (Å²) in [7, 11) is 0. The van der Waals surface area contributed by atoms with Crippen molar-refractivity contribution >= 4 is 5.97 Å². The molecule has 0 aliphatic rings. The van der Waals surface area contributed by atoms with Crippen LogP contribution in [0.5, 0.6) is 0 Å². The highest BCUT2D eigenvalue weighted by Gasteiger charge is 1.94. The Morgan fingerprint density at radius 3 is 2.71 bits per heavy atom. The van der Waals surface area contributed by atoms with Crippen LogP contribution in [0.2, 0.25) is 0 Å². The molecular weight excluding hydrogens is 98.0 g/mol. The number of ether oxygens (including phenoxy) is 1. The van der Waals surface area contributed by atoms with Crippen LogP contribution in [0.1, 0.15) is 0 Å². The summed E-state index contributed by atoms with van der Waals surface area (Å²) in [6.45, 7) is -0.743. The maximum Gasteiger partial charge on any atom is 0.347 e. The number of carbonyl (C=O) groups is 1. The molecule has 4 nitrogen and oxygen atoms in total. The smallest absolute Gasteiger partial charge is 0.347 e. The number of esters is 1. The Hall–Kier alpha value is -1.08. The zero-order valence-electron chi connectivity index (χ0n) is 3.42. The van der Waals surface area contributed by atoms with Crippen molar-refractivity contribution in [2.75, 3.05) is 6.61 Å². The van der Waals surface area contributed by atoms with Gasteiger partial charge in [0.05, 0.1) is 0 Å². The predicted molar refractivity (Wildman–Crippen MR) is 18.8 cm³/mol. The van der Waals surface area contributed by atoms with E-state index in [0.29, 0.717) is 0 Å². The lowest BCUT2D eigenvalue weighted by molar-refractivity contribution is -0.140. The van der Waals surface area contributed by atoms with Crippen LogP contribution in [0.25, 0.3) is 0 Å². The van der Waals surface area contributed by atoms with Gasteiger partial charge in [-0.25, -0.2) is 4.79 Å². The third-order valence-corrected chi connectivity index (χ3v) is 0.289. The average Bonchev–Trinajstić information content (AvgIpc) is 1.68. The van der Waals surface area contributed by atoms with Crippen LogP contribution in [0.15, 0.2) is 0 Å². The second-order valence-corrected chi connectivity index (χ2v) is 0.723. The number of hydrogen-bond acceptors (Lipinski definition) is 4. The van der Waals surface area contributed by atoms with Gasteiger partial charge in [-0.05, 0) is 0 Å². The van der Waals surface area contributed by atoms with Gasteiger partial charge < -0.3 is 9.84 Å². The molecule has 0 aliphatic heterocycles. The Kier molecular flexibility index (Phi) is 2.64. The first-order chi connectivity index (χ1) is 3.31. The van der Waals surface area contributed by atoms with Crippen molar-refractivity contribution in [3.8, 4) is 6.26 Å². The molecule has 0 bridgehead atoms. The number of aliphatic hydroxyl groups is 1. The maximum absolute atomic E-state index is 9.72. The van der Waals surface area contributed by atoms with E-state index in [-0.39, 0.29) is 0 Å². The van der Waals surface area contributed by atoms with Gasteiger partial charge in [0.25, 0.3) is 6.26 Å². The first kappa shape index (κ1) is 5.92. The zero-order valence-corrected chi connectivity index (χ0v) is 3.42. The van der Waals surface area contributed by atoms with Crippen molar-refractivity contribution in [3.05, 3.63) is 0 Å². The van der Waals surface area contributed by atoms with Gasteiger partial charge in [0.2, 0.25) is 0 Å². The number of nitriles is 1. The van der Waals surface area contributed by atoms with Crippen molar-refractivity contribution in [2.45, 2.75) is 0 Å². The van der Waals surface area contributed by atoms with E-state index in [2.05, 4.69) is 4.74 Å². The predicted octanol–water partition coefficient (Wildman–Crippen LogP) is -0.997. The van der Waals surface area contributed by atoms with Gasteiger partial charge in [-0.3, -0.25) is 0 Å². The Morgan fingerprint density at radius 1 is 2.00 bits per heavy atom. The molecule has 0 spiro atoms. The van der Waals surface area contributed by atoms with E-state index >= 15 is 0 Å². The van der Waals surface area contributed by atoms with E-state index in [1.54, 1.807) is 0 Å². The van der Waals surface area contributed by atoms with Gasteiger partial charge >= 0.3 is 5.97 Å². The summed E-state index contributed by atoms with van der Waals surface area (Å²) in [6, 6.07) is 0. The van der Waals surface area contributed by atoms with E-state index in [4.69, 9.17) is 10.4 Å². The number of rotatable bonds is 1. The van der Waals surface area contributed by atoms with Crippen LogP contribution in [0.4, 0.5) is 0 Å². The summed E-state index contributed by atoms with van der Waals surface area (Å²) >= 11 is 0. The highest BCUT2D eigenvalue weighted by Crippen LogP contribution is 1.67. The summed E-state index contributed by atoms with van der Waals surface area (Å²) in [5, 5.41) is 15.4. The molecule has 0 heterocycles. The minimum absolute atomic E-state index is 0.743. The number of hydrogen-bond donors (Lipinski definition) is 1. The molecule has 0 radical (unpaired) electrons. The van der Waals surface area contributed by atoms with Crippen molar-refractivity contribution in [3.63, 3.8) is 0 Å². The molecule has 1 N–H and O–H groups in total. The topological polar surface area (TPSA) is 70.3 Å². The molecule has 0 saturated heterocycles. The SMILES string of the molecule is N#COC(=O)CO. The molecule has 7 heavy (non-hydrogen) atoms. The lowest BCUT2D eigenvalue weighted by Gasteiger charge is -1.82. The van der Waals surface area contributed by atoms with Crippen LogP contribution in [0, 0.1) is 11.5 Å². The van der Waals surface area contributed by atoms with Crippen LogP contribution < -0.4 is 0 Å². The molecular formula is C3H3NO3. The highest BCUT2D eigenvalue weighted by molar-refractivity contribution is 5.71. The molecule has 0 amide bonds. The summed E-state index contributed by atoms with van der Waals surface area (Å²) in [4.78, 5) is 9.72. The third kappa shape index (κ3) is 2.73. The van der Waals surface area contributed by atoms with Gasteiger partial charge in [-0.15, -0.1) is 5.26 Å². The molecule has 0 aromatic heterocycles. The fourth-order valence-electron chi connectivity index (χ4n) is 0.0832. The Bertz CT molecular complexity index is 103. The molecule has 0 saturated carbocycles. The second kappa shape index (κ2) is 3.12. The molecule has 0 unspecified atom stereocenters. The number of aliphatic hydroxyl groups excluding tert-OH is 1. The summed E-state index contributed by atoms with van der Waals surface area (Å²) in [5.74, 6) is -0.928. The van der Waals surface area contributed by atoms with Gasteiger partial charge in [-0.2, -0.15) is 0 Å². The minimum atomic E-state index is -0.928. The second-order valence-electron chi connectivity index (χ2n) is 0.723. The molecule has 4 heteroatoms. The molecule has 0 aromatic carbocycles. The van der Waals surface area contributed by atoms with Gasteiger partial charge in [-0.1, -0.05) is 0 Å². The first-order valence-electron chi connectivity index (χ1n) is 1.51. The molecule has 38 valence electrons. The van der Waals surface area contributed by atoms with E-state index < -0.39 is 12.6 Å². The fraction of sp³-hybridized carbons (Fsp3) is 0.333.